The van der Waals surface area contributed by atoms with Crippen LogP contribution in [0.25, 0.3) is 0 Å². The molecular formula is C9H13N3OS. The first-order chi connectivity index (χ1) is 6.90. The summed E-state index contributed by atoms with van der Waals surface area (Å²) < 4.78 is 5.06. The number of anilines is 1. The number of nitrogens with zero attached hydrogens (tertiary/aromatic N) is 3. The summed E-state index contributed by atoms with van der Waals surface area (Å²) in [6.45, 7) is 2.05. The topological polar surface area (TPSA) is 38.2 Å². The van der Waals surface area contributed by atoms with E-state index >= 15 is 0 Å². The van der Waals surface area contributed by atoms with Crippen molar-refractivity contribution < 1.29 is 4.74 Å². The van der Waals surface area contributed by atoms with E-state index in [9.17, 15) is 0 Å². The van der Waals surface area contributed by atoms with Crippen molar-refractivity contribution in [2.75, 3.05) is 36.6 Å². The van der Waals surface area contributed by atoms with Gasteiger partial charge in [0.15, 0.2) is 0 Å². The molecule has 14 heavy (non-hydrogen) atoms. The zero-order valence-electron chi connectivity index (χ0n) is 8.14. The van der Waals surface area contributed by atoms with Gasteiger partial charge in [-0.2, -0.15) is 16.7 Å². The molecule has 76 valence electrons. The molecule has 0 radical (unpaired) electrons. The van der Waals surface area contributed by atoms with Crippen LogP contribution < -0.4 is 9.64 Å². The Balaban J connectivity index is 2.13. The zero-order chi connectivity index (χ0) is 9.80. The molecular weight excluding hydrogens is 198 g/mol. The van der Waals surface area contributed by atoms with E-state index in [1.807, 2.05) is 11.8 Å². The predicted molar refractivity (Wildman–Crippen MR) is 58.1 cm³/mol. The van der Waals surface area contributed by atoms with Crippen molar-refractivity contribution in [3.05, 3.63) is 12.3 Å². The van der Waals surface area contributed by atoms with Crippen molar-refractivity contribution in [3.63, 3.8) is 0 Å². The third kappa shape index (κ3) is 2.09. The lowest BCUT2D eigenvalue weighted by molar-refractivity contribution is 0.396. The maximum atomic E-state index is 5.06. The highest BCUT2D eigenvalue weighted by molar-refractivity contribution is 7.99. The lowest BCUT2D eigenvalue weighted by atomic mass is 10.5. The van der Waals surface area contributed by atoms with Gasteiger partial charge in [0.1, 0.15) is 0 Å². The molecule has 0 saturated carbocycles. The molecule has 1 aromatic heterocycles. The van der Waals surface area contributed by atoms with Gasteiger partial charge >= 0.3 is 0 Å². The van der Waals surface area contributed by atoms with Crippen molar-refractivity contribution in [3.8, 4) is 5.88 Å². The molecule has 0 amide bonds. The normalized spacial score (nSPS) is 16.8. The third-order valence-electron chi connectivity index (χ3n) is 2.12. The molecule has 1 fully saturated rings. The second-order valence-corrected chi connectivity index (χ2v) is 4.22. The van der Waals surface area contributed by atoms with Gasteiger partial charge in [-0.3, -0.25) is 0 Å². The largest absolute Gasteiger partial charge is 0.481 e. The van der Waals surface area contributed by atoms with Gasteiger partial charge < -0.3 is 9.64 Å². The minimum atomic E-state index is 0.633. The van der Waals surface area contributed by atoms with Crippen molar-refractivity contribution in [2.45, 2.75) is 0 Å². The Morgan fingerprint density at radius 2 is 2.21 bits per heavy atom. The number of aromatic nitrogens is 2. The molecule has 0 bridgehead atoms. The summed E-state index contributed by atoms with van der Waals surface area (Å²) in [6.07, 6.45) is 1.74. The molecule has 0 unspecified atom stereocenters. The average Bonchev–Trinajstić information content (AvgIpc) is 2.30. The van der Waals surface area contributed by atoms with E-state index in [0.717, 1.165) is 30.5 Å². The van der Waals surface area contributed by atoms with Crippen LogP contribution >= 0.6 is 11.8 Å². The molecule has 1 aliphatic heterocycles. The summed E-state index contributed by atoms with van der Waals surface area (Å²) in [5.74, 6) is 3.72. The van der Waals surface area contributed by atoms with E-state index in [2.05, 4.69) is 14.9 Å². The summed E-state index contributed by atoms with van der Waals surface area (Å²) >= 11 is 1.97. The van der Waals surface area contributed by atoms with Crippen molar-refractivity contribution in [1.29, 1.82) is 0 Å². The van der Waals surface area contributed by atoms with E-state index in [-0.39, 0.29) is 0 Å². The fourth-order valence-electron chi connectivity index (χ4n) is 1.36. The summed E-state index contributed by atoms with van der Waals surface area (Å²) in [5.41, 5.74) is 0. The number of methoxy groups -OCH3 is 1. The van der Waals surface area contributed by atoms with Crippen LogP contribution in [0, 0.1) is 0 Å². The molecule has 4 nitrogen and oxygen atoms in total. The fraction of sp³-hybridized carbons (Fsp3) is 0.556. The van der Waals surface area contributed by atoms with Crippen molar-refractivity contribution in [1.82, 2.24) is 9.97 Å². The highest BCUT2D eigenvalue weighted by atomic mass is 32.2. The van der Waals surface area contributed by atoms with Gasteiger partial charge in [-0.25, -0.2) is 4.98 Å². The van der Waals surface area contributed by atoms with Crippen LogP contribution in [0.15, 0.2) is 12.3 Å². The van der Waals surface area contributed by atoms with Gasteiger partial charge in [0.2, 0.25) is 11.8 Å². The Morgan fingerprint density at radius 3 is 2.93 bits per heavy atom. The summed E-state index contributed by atoms with van der Waals surface area (Å²) in [4.78, 5) is 10.7. The van der Waals surface area contributed by atoms with Gasteiger partial charge in [-0.05, 0) is 0 Å². The molecule has 2 rings (SSSR count). The molecule has 0 aromatic carbocycles. The second kappa shape index (κ2) is 4.50. The quantitative estimate of drug-likeness (QED) is 0.730. The van der Waals surface area contributed by atoms with Gasteiger partial charge in [0.25, 0.3) is 0 Å². The predicted octanol–water partition coefficient (Wildman–Crippen LogP) is 1.04. The first-order valence-corrected chi connectivity index (χ1v) is 5.75. The van der Waals surface area contributed by atoms with Gasteiger partial charge in [0, 0.05) is 36.9 Å². The Morgan fingerprint density at radius 1 is 1.43 bits per heavy atom. The second-order valence-electron chi connectivity index (χ2n) is 3.00. The first kappa shape index (κ1) is 9.58. The van der Waals surface area contributed by atoms with Gasteiger partial charge in [-0.15, -0.1) is 0 Å². The van der Waals surface area contributed by atoms with E-state index in [1.165, 1.54) is 0 Å². The highest BCUT2D eigenvalue weighted by Crippen LogP contribution is 2.16. The molecule has 1 saturated heterocycles. The van der Waals surface area contributed by atoms with Crippen molar-refractivity contribution >= 4 is 17.7 Å². The number of rotatable bonds is 2. The summed E-state index contributed by atoms with van der Waals surface area (Å²) in [7, 11) is 1.62. The Bertz CT molecular complexity index is 302. The third-order valence-corrected chi connectivity index (χ3v) is 3.06. The first-order valence-electron chi connectivity index (χ1n) is 4.60. The molecule has 1 aliphatic rings. The minimum Gasteiger partial charge on any atom is -0.481 e. The SMILES string of the molecule is COc1ccnc(N2CCSCC2)n1. The van der Waals surface area contributed by atoms with Gasteiger partial charge in [-0.1, -0.05) is 0 Å². The number of hydrogen-bond donors (Lipinski definition) is 0. The Hall–Kier alpha value is -0.970. The zero-order valence-corrected chi connectivity index (χ0v) is 8.96. The smallest absolute Gasteiger partial charge is 0.228 e. The van der Waals surface area contributed by atoms with E-state index in [0.29, 0.717) is 5.88 Å². The molecule has 2 heterocycles. The number of thioether (sulfide) groups is 1. The lowest BCUT2D eigenvalue weighted by Gasteiger charge is -2.26. The minimum absolute atomic E-state index is 0.633. The van der Waals surface area contributed by atoms with E-state index < -0.39 is 0 Å². The maximum absolute atomic E-state index is 5.06. The fourth-order valence-corrected chi connectivity index (χ4v) is 2.26. The van der Waals surface area contributed by atoms with Crippen LogP contribution in [0.3, 0.4) is 0 Å². The lowest BCUT2D eigenvalue weighted by Crippen LogP contribution is -2.33. The standard InChI is InChI=1S/C9H13N3OS/c1-13-8-2-3-10-9(11-8)12-4-6-14-7-5-12/h2-3H,4-7H2,1H3. The molecule has 1 aromatic rings. The molecule has 0 N–H and O–H groups in total. The van der Waals surface area contributed by atoms with Crippen LogP contribution in [0.1, 0.15) is 0 Å². The van der Waals surface area contributed by atoms with Crippen LogP contribution in [-0.4, -0.2) is 41.7 Å². The monoisotopic (exact) mass is 211 g/mol. The Kier molecular flexibility index (Phi) is 3.08. The van der Waals surface area contributed by atoms with Crippen LogP contribution in [-0.2, 0) is 0 Å². The number of hydrogen-bond acceptors (Lipinski definition) is 5. The summed E-state index contributed by atoms with van der Waals surface area (Å²) in [5, 5.41) is 0. The Labute approximate surface area is 87.7 Å². The van der Waals surface area contributed by atoms with E-state index in [1.54, 1.807) is 19.4 Å². The van der Waals surface area contributed by atoms with Gasteiger partial charge in [0.05, 0.1) is 7.11 Å². The van der Waals surface area contributed by atoms with Crippen LogP contribution in [0.4, 0.5) is 5.95 Å². The van der Waals surface area contributed by atoms with Crippen LogP contribution in [0.2, 0.25) is 0 Å². The van der Waals surface area contributed by atoms with Crippen LogP contribution in [0.5, 0.6) is 5.88 Å². The maximum Gasteiger partial charge on any atom is 0.228 e. The molecule has 0 spiro atoms. The van der Waals surface area contributed by atoms with E-state index in [4.69, 9.17) is 4.74 Å². The summed E-state index contributed by atoms with van der Waals surface area (Å²) in [6, 6.07) is 1.77. The number of ether oxygens (including phenoxy) is 1. The molecule has 0 atom stereocenters. The highest BCUT2D eigenvalue weighted by Gasteiger charge is 2.13. The molecule has 5 heteroatoms. The average molecular weight is 211 g/mol. The molecule has 0 aliphatic carbocycles. The van der Waals surface area contributed by atoms with Crippen molar-refractivity contribution in [2.24, 2.45) is 0 Å².